The lowest BCUT2D eigenvalue weighted by atomic mass is 10.0. The van der Waals surface area contributed by atoms with Gasteiger partial charge in [-0.25, -0.2) is 0 Å². The van der Waals surface area contributed by atoms with Crippen LogP contribution in [0.2, 0.25) is 0 Å². The molecule has 5 rings (SSSR count). The minimum absolute atomic E-state index is 0.109. The molecule has 0 spiro atoms. The van der Waals surface area contributed by atoms with Crippen LogP contribution in [0, 0.1) is 0 Å². The number of ether oxygens (including phenoxy) is 1. The molecule has 3 aromatic rings. The van der Waals surface area contributed by atoms with E-state index in [1.165, 1.54) is 0 Å². The van der Waals surface area contributed by atoms with Gasteiger partial charge in [0.05, 0.1) is 5.56 Å². The van der Waals surface area contributed by atoms with Gasteiger partial charge in [-0.15, -0.1) is 0 Å². The fourth-order valence-corrected chi connectivity index (χ4v) is 3.76. The first-order valence-corrected chi connectivity index (χ1v) is 9.74. The third-order valence-electron chi connectivity index (χ3n) is 5.32. The van der Waals surface area contributed by atoms with Gasteiger partial charge in [0.2, 0.25) is 0 Å². The van der Waals surface area contributed by atoms with E-state index < -0.39 is 0 Å². The number of nitrogens with zero attached hydrogens (tertiary/aromatic N) is 1. The molecule has 1 saturated carbocycles. The van der Waals surface area contributed by atoms with Crippen molar-refractivity contribution in [2.45, 2.75) is 31.7 Å². The molecule has 4 nitrogen and oxygen atoms in total. The van der Waals surface area contributed by atoms with Crippen molar-refractivity contribution in [3.05, 3.63) is 95.6 Å². The number of carbonyl (C=O) groups is 1. The molecule has 1 fully saturated rings. The normalized spacial score (nSPS) is 18.4. The van der Waals surface area contributed by atoms with Crippen molar-refractivity contribution in [2.75, 3.05) is 5.32 Å². The monoisotopic (exact) mass is 370 g/mol. The van der Waals surface area contributed by atoms with Gasteiger partial charge in [0.25, 0.3) is 5.91 Å². The summed E-state index contributed by atoms with van der Waals surface area (Å²) in [5.41, 5.74) is 3.82. The van der Waals surface area contributed by atoms with Crippen molar-refractivity contribution in [1.29, 1.82) is 0 Å². The number of benzene rings is 3. The Labute approximate surface area is 164 Å². The molecule has 1 atom stereocenters. The van der Waals surface area contributed by atoms with Crippen molar-refractivity contribution in [3.63, 3.8) is 0 Å². The van der Waals surface area contributed by atoms with E-state index in [4.69, 9.17) is 4.74 Å². The highest BCUT2D eigenvalue weighted by Gasteiger charge is 2.42. The van der Waals surface area contributed by atoms with Gasteiger partial charge in [0.15, 0.2) is 0 Å². The van der Waals surface area contributed by atoms with E-state index in [1.807, 2.05) is 65.6 Å². The first-order valence-electron chi connectivity index (χ1n) is 9.74. The van der Waals surface area contributed by atoms with Crippen LogP contribution in [-0.2, 0) is 6.61 Å². The van der Waals surface area contributed by atoms with Crippen LogP contribution in [0.4, 0.5) is 5.69 Å². The lowest BCUT2D eigenvalue weighted by Gasteiger charge is -2.38. The van der Waals surface area contributed by atoms with Gasteiger partial charge in [0, 0.05) is 11.7 Å². The topological polar surface area (TPSA) is 41.6 Å². The zero-order valence-electron chi connectivity index (χ0n) is 15.5. The Morgan fingerprint density at radius 3 is 2.54 bits per heavy atom. The fraction of sp³-hybridized carbons (Fsp3) is 0.208. The lowest BCUT2D eigenvalue weighted by molar-refractivity contribution is 0.0666. The maximum atomic E-state index is 13.1. The van der Waals surface area contributed by atoms with Gasteiger partial charge < -0.3 is 15.0 Å². The summed E-state index contributed by atoms with van der Waals surface area (Å²) in [6.45, 7) is 0.524. The number of amides is 1. The van der Waals surface area contributed by atoms with Crippen molar-refractivity contribution < 1.29 is 9.53 Å². The van der Waals surface area contributed by atoms with Crippen LogP contribution in [0.3, 0.4) is 0 Å². The van der Waals surface area contributed by atoms with E-state index >= 15 is 0 Å². The molecule has 0 aromatic heterocycles. The number of rotatable bonds is 5. The quantitative estimate of drug-likeness (QED) is 0.688. The van der Waals surface area contributed by atoms with Gasteiger partial charge >= 0.3 is 0 Å². The summed E-state index contributed by atoms with van der Waals surface area (Å²) in [5, 5.41) is 3.57. The van der Waals surface area contributed by atoms with E-state index in [2.05, 4.69) is 23.5 Å². The molecule has 28 heavy (non-hydrogen) atoms. The highest BCUT2D eigenvalue weighted by Crippen LogP contribution is 2.41. The largest absolute Gasteiger partial charge is 0.489 e. The molecule has 3 aromatic carbocycles. The van der Waals surface area contributed by atoms with E-state index in [-0.39, 0.29) is 12.1 Å². The molecule has 1 heterocycles. The molecule has 140 valence electrons. The molecule has 0 saturated heterocycles. The van der Waals surface area contributed by atoms with E-state index in [0.29, 0.717) is 12.6 Å². The van der Waals surface area contributed by atoms with Gasteiger partial charge in [0.1, 0.15) is 18.5 Å². The molecule has 2 aliphatic rings. The Balaban J connectivity index is 1.42. The number of para-hydroxylation sites is 1. The van der Waals surface area contributed by atoms with E-state index in [9.17, 15) is 4.79 Å². The number of fused-ring (bicyclic) bond motifs is 1. The summed E-state index contributed by atoms with van der Waals surface area (Å²) in [4.78, 5) is 15.1. The molecule has 4 heteroatoms. The first kappa shape index (κ1) is 16.9. The average molecular weight is 370 g/mol. The number of nitrogens with one attached hydrogen (secondary N) is 1. The summed E-state index contributed by atoms with van der Waals surface area (Å²) in [6, 6.07) is 26.2. The van der Waals surface area contributed by atoms with Gasteiger partial charge in [-0.3, -0.25) is 4.79 Å². The fourth-order valence-electron chi connectivity index (χ4n) is 3.76. The summed E-state index contributed by atoms with van der Waals surface area (Å²) in [7, 11) is 0. The number of hydrogen-bond donors (Lipinski definition) is 1. The average Bonchev–Trinajstić information content (AvgIpc) is 3.58. The minimum atomic E-state index is -0.171. The molecule has 0 bridgehead atoms. The Bertz CT molecular complexity index is 998. The smallest absolute Gasteiger partial charge is 0.258 e. The molecule has 1 aliphatic heterocycles. The lowest BCUT2D eigenvalue weighted by Crippen LogP contribution is -2.44. The Hall–Kier alpha value is -3.27. The Kier molecular flexibility index (Phi) is 4.24. The number of carbonyl (C=O) groups excluding carboxylic acids is 1. The second-order valence-electron chi connectivity index (χ2n) is 7.38. The van der Waals surface area contributed by atoms with E-state index in [0.717, 1.165) is 41.0 Å². The van der Waals surface area contributed by atoms with Crippen molar-refractivity contribution >= 4 is 11.6 Å². The standard InChI is InChI=1S/C24H22N2O2/c27-24-21-11-4-5-12-22(21)25-23(26(24)19-13-14-19)18-9-6-10-20(15-18)28-16-17-7-2-1-3-8-17/h1-12,15,19,23,25H,13-14,16H2/t23-/m0/s1. The predicted octanol–water partition coefficient (Wildman–Crippen LogP) is 4.99. The van der Waals surface area contributed by atoms with Gasteiger partial charge in [-0.2, -0.15) is 0 Å². The highest BCUT2D eigenvalue weighted by atomic mass is 16.5. The summed E-state index contributed by atoms with van der Waals surface area (Å²) >= 11 is 0. The van der Waals surface area contributed by atoms with Crippen molar-refractivity contribution in [3.8, 4) is 5.75 Å². The Morgan fingerprint density at radius 1 is 0.929 bits per heavy atom. The van der Waals surface area contributed by atoms with Crippen LogP contribution in [0.1, 0.15) is 40.5 Å². The first-order chi connectivity index (χ1) is 13.8. The van der Waals surface area contributed by atoms with Crippen LogP contribution in [0.5, 0.6) is 5.75 Å². The zero-order valence-corrected chi connectivity index (χ0v) is 15.5. The second-order valence-corrected chi connectivity index (χ2v) is 7.38. The van der Waals surface area contributed by atoms with Crippen LogP contribution >= 0.6 is 0 Å². The van der Waals surface area contributed by atoms with Crippen LogP contribution < -0.4 is 10.1 Å². The molecule has 0 radical (unpaired) electrons. The minimum Gasteiger partial charge on any atom is -0.489 e. The van der Waals surface area contributed by atoms with Gasteiger partial charge in [-0.05, 0) is 48.2 Å². The Morgan fingerprint density at radius 2 is 1.71 bits per heavy atom. The van der Waals surface area contributed by atoms with Crippen molar-refractivity contribution in [1.82, 2.24) is 4.90 Å². The molecule has 0 unspecified atom stereocenters. The zero-order chi connectivity index (χ0) is 18.9. The molecular formula is C24H22N2O2. The highest BCUT2D eigenvalue weighted by molar-refractivity contribution is 6.02. The third-order valence-corrected chi connectivity index (χ3v) is 5.32. The van der Waals surface area contributed by atoms with E-state index in [1.54, 1.807) is 0 Å². The van der Waals surface area contributed by atoms with Gasteiger partial charge in [-0.1, -0.05) is 54.6 Å². The molecule has 1 aliphatic carbocycles. The van der Waals surface area contributed by atoms with Crippen molar-refractivity contribution in [2.24, 2.45) is 0 Å². The summed E-state index contributed by atoms with van der Waals surface area (Å²) in [6.07, 6.45) is 1.96. The van der Waals surface area contributed by atoms with Crippen LogP contribution in [0.15, 0.2) is 78.9 Å². The number of hydrogen-bond acceptors (Lipinski definition) is 3. The predicted molar refractivity (Wildman–Crippen MR) is 109 cm³/mol. The second kappa shape index (κ2) is 7.04. The summed E-state index contributed by atoms with van der Waals surface area (Å²) in [5.74, 6) is 0.919. The molecular weight excluding hydrogens is 348 g/mol. The van der Waals surface area contributed by atoms with Crippen LogP contribution in [-0.4, -0.2) is 16.8 Å². The maximum absolute atomic E-state index is 13.1. The molecule has 1 N–H and O–H groups in total. The molecule has 1 amide bonds. The number of anilines is 1. The summed E-state index contributed by atoms with van der Waals surface area (Å²) < 4.78 is 6.00. The third kappa shape index (κ3) is 3.22. The van der Waals surface area contributed by atoms with Crippen LogP contribution in [0.25, 0.3) is 0 Å². The maximum Gasteiger partial charge on any atom is 0.258 e. The SMILES string of the molecule is O=C1c2ccccc2N[C@H](c2cccc(OCc3ccccc3)c2)N1C1CC1.